The molecular formula is C25H29FN2O3. The van der Waals surface area contributed by atoms with Crippen LogP contribution >= 0.6 is 0 Å². The number of nitrogens with one attached hydrogen (secondary N) is 1. The lowest BCUT2D eigenvalue weighted by molar-refractivity contribution is -0.00115. The Balaban J connectivity index is 1.40. The van der Waals surface area contributed by atoms with E-state index in [1.165, 1.54) is 36.1 Å². The summed E-state index contributed by atoms with van der Waals surface area (Å²) in [7, 11) is 0. The third-order valence-corrected chi connectivity index (χ3v) is 6.73. The molecule has 0 unspecified atom stereocenters. The number of amides is 1. The van der Waals surface area contributed by atoms with Crippen molar-refractivity contribution in [3.63, 3.8) is 0 Å². The average molecular weight is 425 g/mol. The third kappa shape index (κ3) is 4.26. The van der Waals surface area contributed by atoms with E-state index in [0.717, 1.165) is 49.4 Å². The van der Waals surface area contributed by atoms with Gasteiger partial charge in [-0.05, 0) is 66.6 Å². The fourth-order valence-electron chi connectivity index (χ4n) is 4.81. The maximum Gasteiger partial charge on any atom is 0.407 e. The minimum atomic E-state index is -0.331. The Bertz CT molecular complexity index is 963. The molecule has 0 bridgehead atoms. The van der Waals surface area contributed by atoms with Gasteiger partial charge >= 0.3 is 6.09 Å². The Kier molecular flexibility index (Phi) is 5.34. The van der Waals surface area contributed by atoms with Gasteiger partial charge in [0.1, 0.15) is 17.2 Å². The minimum absolute atomic E-state index is 0.218. The number of rotatable bonds is 6. The Morgan fingerprint density at radius 3 is 2.55 bits per heavy atom. The number of piperidine rings is 1. The number of likely N-dealkylation sites (tertiary alicyclic amines) is 1. The molecule has 1 amide bonds. The van der Waals surface area contributed by atoms with Gasteiger partial charge in [0.15, 0.2) is 0 Å². The molecule has 1 aliphatic carbocycles. The highest BCUT2D eigenvalue weighted by Crippen LogP contribution is 2.46. The summed E-state index contributed by atoms with van der Waals surface area (Å²) in [6, 6.07) is 11.2. The van der Waals surface area contributed by atoms with E-state index in [1.54, 1.807) is 0 Å². The first-order valence-corrected chi connectivity index (χ1v) is 11.3. The van der Waals surface area contributed by atoms with Crippen molar-refractivity contribution in [1.82, 2.24) is 10.2 Å². The van der Waals surface area contributed by atoms with Gasteiger partial charge in [-0.2, -0.15) is 0 Å². The molecule has 164 valence electrons. The van der Waals surface area contributed by atoms with E-state index in [4.69, 9.17) is 9.47 Å². The van der Waals surface area contributed by atoms with Gasteiger partial charge in [-0.1, -0.05) is 12.1 Å². The molecule has 1 N–H and O–H groups in total. The molecule has 1 saturated carbocycles. The highest BCUT2D eigenvalue weighted by molar-refractivity contribution is 5.72. The number of hydrogen-bond acceptors (Lipinski definition) is 4. The SMILES string of the molecule is CCOc1cc(-c2ccc(F)cc2)c(C2CC2)cc1CN1CCC2(CC1)CNC(=O)O2. The van der Waals surface area contributed by atoms with Crippen molar-refractivity contribution in [2.24, 2.45) is 0 Å². The topological polar surface area (TPSA) is 50.8 Å². The summed E-state index contributed by atoms with van der Waals surface area (Å²) in [6.45, 7) is 5.81. The second kappa shape index (κ2) is 8.15. The van der Waals surface area contributed by atoms with Crippen LogP contribution in [0.5, 0.6) is 5.75 Å². The summed E-state index contributed by atoms with van der Waals surface area (Å²) < 4.78 is 25.1. The zero-order valence-electron chi connectivity index (χ0n) is 18.0. The predicted molar refractivity (Wildman–Crippen MR) is 117 cm³/mol. The molecule has 31 heavy (non-hydrogen) atoms. The van der Waals surface area contributed by atoms with Crippen molar-refractivity contribution in [2.45, 2.75) is 50.7 Å². The van der Waals surface area contributed by atoms with E-state index in [-0.39, 0.29) is 17.5 Å². The van der Waals surface area contributed by atoms with Crippen molar-refractivity contribution in [3.05, 3.63) is 53.3 Å². The highest BCUT2D eigenvalue weighted by Gasteiger charge is 2.42. The van der Waals surface area contributed by atoms with Crippen LogP contribution in [0.4, 0.5) is 9.18 Å². The molecule has 1 spiro atoms. The summed E-state index contributed by atoms with van der Waals surface area (Å²) >= 11 is 0. The Hall–Kier alpha value is -2.60. The molecule has 0 atom stereocenters. The van der Waals surface area contributed by atoms with Crippen LogP contribution in [0.15, 0.2) is 36.4 Å². The fourth-order valence-corrected chi connectivity index (χ4v) is 4.81. The first-order valence-electron chi connectivity index (χ1n) is 11.3. The van der Waals surface area contributed by atoms with Crippen molar-refractivity contribution >= 4 is 6.09 Å². The van der Waals surface area contributed by atoms with E-state index < -0.39 is 0 Å². The summed E-state index contributed by atoms with van der Waals surface area (Å²) in [6.07, 6.45) is 3.80. The molecule has 2 aromatic rings. The molecule has 6 heteroatoms. The van der Waals surface area contributed by atoms with Crippen LogP contribution in [0.3, 0.4) is 0 Å². The number of hydrogen-bond donors (Lipinski definition) is 1. The normalized spacial score (nSPS) is 20.5. The van der Waals surface area contributed by atoms with Gasteiger partial charge in [0.05, 0.1) is 13.2 Å². The summed E-state index contributed by atoms with van der Waals surface area (Å²) in [4.78, 5) is 13.9. The third-order valence-electron chi connectivity index (χ3n) is 6.73. The number of ether oxygens (including phenoxy) is 2. The molecule has 3 aliphatic rings. The number of carbonyl (C=O) groups is 1. The average Bonchev–Trinajstić information content (AvgIpc) is 3.55. The Labute approximate surface area is 182 Å². The second-order valence-corrected chi connectivity index (χ2v) is 8.96. The predicted octanol–water partition coefficient (Wildman–Crippen LogP) is 4.84. The number of halogens is 1. The monoisotopic (exact) mass is 424 g/mol. The van der Waals surface area contributed by atoms with Gasteiger partial charge in [0, 0.05) is 38.0 Å². The summed E-state index contributed by atoms with van der Waals surface area (Å²) in [5.41, 5.74) is 4.39. The van der Waals surface area contributed by atoms with Gasteiger partial charge in [-0.15, -0.1) is 0 Å². The van der Waals surface area contributed by atoms with Crippen molar-refractivity contribution in [2.75, 3.05) is 26.2 Å². The molecule has 5 nitrogen and oxygen atoms in total. The highest BCUT2D eigenvalue weighted by atomic mass is 19.1. The lowest BCUT2D eigenvalue weighted by Gasteiger charge is -2.37. The standard InChI is InChI=1S/C25H29FN2O3/c1-2-30-23-14-22(18-5-7-20(26)8-6-18)21(17-3-4-17)13-19(23)15-28-11-9-25(10-12-28)16-27-24(29)31-25/h5-8,13-14,17H,2-4,9-12,15-16H2,1H3,(H,27,29). The largest absolute Gasteiger partial charge is 0.494 e. The van der Waals surface area contributed by atoms with Crippen LogP contribution in [-0.4, -0.2) is 42.8 Å². The molecule has 0 aromatic heterocycles. The number of alkyl carbamates (subject to hydrolysis) is 1. The maximum atomic E-state index is 13.5. The quantitative estimate of drug-likeness (QED) is 0.721. The number of benzene rings is 2. The van der Waals surface area contributed by atoms with Crippen molar-refractivity contribution in [1.29, 1.82) is 0 Å². The van der Waals surface area contributed by atoms with Gasteiger partial charge in [-0.3, -0.25) is 4.90 Å². The van der Waals surface area contributed by atoms with Gasteiger partial charge in [0.2, 0.25) is 0 Å². The van der Waals surface area contributed by atoms with Crippen LogP contribution in [0, 0.1) is 5.82 Å². The van der Waals surface area contributed by atoms with Crippen LogP contribution in [0.25, 0.3) is 11.1 Å². The molecule has 2 aromatic carbocycles. The first-order chi connectivity index (χ1) is 15.0. The molecule has 0 radical (unpaired) electrons. The van der Waals surface area contributed by atoms with Crippen molar-refractivity contribution in [3.8, 4) is 16.9 Å². The fraction of sp³-hybridized carbons (Fsp3) is 0.480. The molecule has 2 heterocycles. The van der Waals surface area contributed by atoms with Crippen LogP contribution in [-0.2, 0) is 11.3 Å². The van der Waals surface area contributed by atoms with Crippen LogP contribution in [0.2, 0.25) is 0 Å². The first kappa shape index (κ1) is 20.3. The smallest absolute Gasteiger partial charge is 0.407 e. The van der Waals surface area contributed by atoms with Crippen LogP contribution < -0.4 is 10.1 Å². The minimum Gasteiger partial charge on any atom is -0.494 e. The lowest BCUT2D eigenvalue weighted by Crippen LogP contribution is -2.46. The van der Waals surface area contributed by atoms with Crippen LogP contribution in [0.1, 0.15) is 49.7 Å². The van der Waals surface area contributed by atoms with E-state index in [0.29, 0.717) is 19.1 Å². The zero-order chi connectivity index (χ0) is 21.4. The van der Waals surface area contributed by atoms with Gasteiger partial charge in [-0.25, -0.2) is 9.18 Å². The Morgan fingerprint density at radius 2 is 1.94 bits per heavy atom. The molecule has 2 aliphatic heterocycles. The van der Waals surface area contributed by atoms with E-state index >= 15 is 0 Å². The number of nitrogens with zero attached hydrogens (tertiary/aromatic N) is 1. The number of carbonyl (C=O) groups excluding carboxylic acids is 1. The summed E-state index contributed by atoms with van der Waals surface area (Å²) in [5, 5.41) is 2.80. The van der Waals surface area contributed by atoms with E-state index in [1.807, 2.05) is 19.1 Å². The molecule has 2 saturated heterocycles. The summed E-state index contributed by atoms with van der Waals surface area (Å²) in [5.74, 6) is 1.26. The molecule has 3 fully saturated rings. The van der Waals surface area contributed by atoms with Gasteiger partial charge < -0.3 is 14.8 Å². The van der Waals surface area contributed by atoms with E-state index in [9.17, 15) is 9.18 Å². The molecular weight excluding hydrogens is 395 g/mol. The zero-order valence-corrected chi connectivity index (χ0v) is 18.0. The van der Waals surface area contributed by atoms with Crippen molar-refractivity contribution < 1.29 is 18.7 Å². The second-order valence-electron chi connectivity index (χ2n) is 8.96. The van der Waals surface area contributed by atoms with E-state index in [2.05, 4.69) is 22.3 Å². The Morgan fingerprint density at radius 1 is 1.19 bits per heavy atom. The molecule has 5 rings (SSSR count). The van der Waals surface area contributed by atoms with Gasteiger partial charge in [0.25, 0.3) is 0 Å². The lowest BCUT2D eigenvalue weighted by atomic mass is 9.90. The maximum absolute atomic E-state index is 13.5.